The van der Waals surface area contributed by atoms with Gasteiger partial charge in [0.15, 0.2) is 0 Å². The summed E-state index contributed by atoms with van der Waals surface area (Å²) in [5.74, 6) is -0.886. The van der Waals surface area contributed by atoms with Gasteiger partial charge < -0.3 is 15.0 Å². The Kier molecular flexibility index (Phi) is 7.82. The molecule has 3 rings (SSSR count). The molecule has 0 saturated carbocycles. The lowest BCUT2D eigenvalue weighted by Gasteiger charge is -2.40. The Hall–Kier alpha value is -2.44. The molecule has 2 amide bonds. The van der Waals surface area contributed by atoms with Crippen LogP contribution in [0.1, 0.15) is 30.0 Å². The number of carbonyl (C=O) groups excluding carboxylic acids is 2. The summed E-state index contributed by atoms with van der Waals surface area (Å²) in [6.45, 7) is 1.24. The van der Waals surface area contributed by atoms with E-state index in [1.165, 1.54) is 12.1 Å². The fourth-order valence-electron chi connectivity index (χ4n) is 3.87. The first-order chi connectivity index (χ1) is 14.5. The number of hydrogen-bond donors (Lipinski definition) is 1. The lowest BCUT2D eigenvalue weighted by molar-refractivity contribution is -0.144. The van der Waals surface area contributed by atoms with Gasteiger partial charge in [0.1, 0.15) is 5.82 Å². The van der Waals surface area contributed by atoms with Crippen LogP contribution in [0.4, 0.5) is 4.39 Å². The van der Waals surface area contributed by atoms with Crippen LogP contribution in [-0.2, 0) is 20.7 Å². The van der Waals surface area contributed by atoms with E-state index < -0.39 is 12.0 Å². The van der Waals surface area contributed by atoms with Crippen LogP contribution in [0, 0.1) is 11.7 Å². The molecule has 1 aliphatic rings. The molecular formula is C23H26ClFN2O3. The quantitative estimate of drug-likeness (QED) is 0.690. The van der Waals surface area contributed by atoms with E-state index in [0.717, 1.165) is 11.1 Å². The molecule has 160 valence electrons. The molecule has 2 atom stereocenters. The average Bonchev–Trinajstić information content (AvgIpc) is 2.74. The zero-order valence-corrected chi connectivity index (χ0v) is 17.7. The van der Waals surface area contributed by atoms with E-state index in [2.05, 4.69) is 5.32 Å². The Labute approximate surface area is 181 Å². The van der Waals surface area contributed by atoms with Crippen molar-refractivity contribution in [2.24, 2.45) is 5.92 Å². The first-order valence-electron chi connectivity index (χ1n) is 10.1. The summed E-state index contributed by atoms with van der Waals surface area (Å²) in [6, 6.07) is 13.1. The highest BCUT2D eigenvalue weighted by Gasteiger charge is 2.40. The van der Waals surface area contributed by atoms with Gasteiger partial charge in [-0.3, -0.25) is 9.59 Å². The van der Waals surface area contributed by atoms with E-state index in [0.29, 0.717) is 44.0 Å². The van der Waals surface area contributed by atoms with Crippen LogP contribution >= 0.6 is 11.6 Å². The van der Waals surface area contributed by atoms with Crippen LogP contribution in [0.3, 0.4) is 0 Å². The summed E-state index contributed by atoms with van der Waals surface area (Å²) in [5.41, 5.74) is 1.83. The highest BCUT2D eigenvalue weighted by molar-refractivity contribution is 6.30. The third-order valence-corrected chi connectivity index (χ3v) is 5.67. The number of methoxy groups -OCH3 is 1. The minimum atomic E-state index is -0.447. The second-order valence-electron chi connectivity index (χ2n) is 7.39. The Morgan fingerprint density at radius 1 is 1.20 bits per heavy atom. The van der Waals surface area contributed by atoms with E-state index in [1.54, 1.807) is 24.1 Å². The van der Waals surface area contributed by atoms with Crippen LogP contribution in [-0.4, -0.2) is 43.5 Å². The molecule has 0 unspecified atom stereocenters. The van der Waals surface area contributed by atoms with Crippen molar-refractivity contribution >= 4 is 23.4 Å². The van der Waals surface area contributed by atoms with Crippen molar-refractivity contribution in [3.05, 3.63) is 70.5 Å². The van der Waals surface area contributed by atoms with Crippen molar-refractivity contribution in [2.45, 2.75) is 25.3 Å². The molecule has 1 fully saturated rings. The maximum absolute atomic E-state index is 13.5. The Balaban J connectivity index is 1.73. The van der Waals surface area contributed by atoms with Crippen LogP contribution in [0.15, 0.2) is 48.5 Å². The van der Waals surface area contributed by atoms with E-state index in [9.17, 15) is 14.0 Å². The number of benzene rings is 2. The zero-order chi connectivity index (χ0) is 21.5. The highest BCUT2D eigenvalue weighted by Crippen LogP contribution is 2.37. The fraction of sp³-hybridized carbons (Fsp3) is 0.391. The summed E-state index contributed by atoms with van der Waals surface area (Å²) < 4.78 is 18.6. The summed E-state index contributed by atoms with van der Waals surface area (Å²) in [7, 11) is 1.57. The van der Waals surface area contributed by atoms with Gasteiger partial charge >= 0.3 is 0 Å². The molecule has 0 aromatic heterocycles. The SMILES string of the molecule is COCCN1C(=O)CC[C@@H](C(=O)NCCc2ccc(Cl)cc2)[C@@H]1c1ccc(F)cc1. The van der Waals surface area contributed by atoms with Crippen molar-refractivity contribution in [2.75, 3.05) is 26.8 Å². The zero-order valence-electron chi connectivity index (χ0n) is 16.9. The first kappa shape index (κ1) is 22.2. The molecule has 5 nitrogen and oxygen atoms in total. The van der Waals surface area contributed by atoms with Crippen LogP contribution in [0.2, 0.25) is 5.02 Å². The van der Waals surface area contributed by atoms with Gasteiger partial charge in [-0.2, -0.15) is 0 Å². The fourth-order valence-corrected chi connectivity index (χ4v) is 3.99. The third-order valence-electron chi connectivity index (χ3n) is 5.42. The molecule has 1 N–H and O–H groups in total. The number of carbonyl (C=O) groups is 2. The molecule has 0 bridgehead atoms. The minimum absolute atomic E-state index is 0.0217. The van der Waals surface area contributed by atoms with E-state index >= 15 is 0 Å². The van der Waals surface area contributed by atoms with Gasteiger partial charge in [-0.05, 0) is 48.2 Å². The molecule has 1 aliphatic heterocycles. The number of rotatable bonds is 8. The molecule has 0 aliphatic carbocycles. The number of ether oxygens (including phenoxy) is 1. The number of nitrogens with one attached hydrogen (secondary N) is 1. The summed E-state index contributed by atoms with van der Waals surface area (Å²) in [6.07, 6.45) is 1.44. The van der Waals surface area contributed by atoms with Crippen molar-refractivity contribution in [3.63, 3.8) is 0 Å². The van der Waals surface area contributed by atoms with Gasteiger partial charge in [0.2, 0.25) is 11.8 Å². The second-order valence-corrected chi connectivity index (χ2v) is 7.83. The summed E-state index contributed by atoms with van der Waals surface area (Å²) in [5, 5.41) is 3.68. The normalized spacial score (nSPS) is 19.0. The standard InChI is InChI=1S/C23H26ClFN2O3/c1-30-15-14-27-21(28)11-10-20(22(27)17-4-8-19(25)9-5-17)23(29)26-13-12-16-2-6-18(24)7-3-16/h2-9,20,22H,10-15H2,1H3,(H,26,29)/t20-,22+/m1/s1. The predicted molar refractivity (Wildman–Crippen MR) is 114 cm³/mol. The topological polar surface area (TPSA) is 58.6 Å². The van der Waals surface area contributed by atoms with E-state index in [-0.39, 0.29) is 17.6 Å². The first-order valence-corrected chi connectivity index (χ1v) is 10.4. The lowest BCUT2D eigenvalue weighted by Crippen LogP contribution is -2.49. The molecule has 0 radical (unpaired) electrons. The molecule has 7 heteroatoms. The lowest BCUT2D eigenvalue weighted by atomic mass is 9.83. The van der Waals surface area contributed by atoms with Crippen LogP contribution in [0.25, 0.3) is 0 Å². The molecule has 0 spiro atoms. The molecule has 1 saturated heterocycles. The smallest absolute Gasteiger partial charge is 0.225 e. The van der Waals surface area contributed by atoms with Crippen LogP contribution < -0.4 is 5.32 Å². The molecule has 2 aromatic carbocycles. The summed E-state index contributed by atoms with van der Waals surface area (Å²) in [4.78, 5) is 27.3. The van der Waals surface area contributed by atoms with Crippen molar-refractivity contribution < 1.29 is 18.7 Å². The highest BCUT2D eigenvalue weighted by atomic mass is 35.5. The number of piperidine rings is 1. The van der Waals surface area contributed by atoms with Gasteiger partial charge in [0, 0.05) is 31.6 Å². The van der Waals surface area contributed by atoms with Crippen molar-refractivity contribution in [1.82, 2.24) is 10.2 Å². The monoisotopic (exact) mass is 432 g/mol. The largest absolute Gasteiger partial charge is 0.383 e. The minimum Gasteiger partial charge on any atom is -0.383 e. The maximum atomic E-state index is 13.5. The Morgan fingerprint density at radius 2 is 1.90 bits per heavy atom. The van der Waals surface area contributed by atoms with E-state index in [1.807, 2.05) is 24.3 Å². The van der Waals surface area contributed by atoms with Crippen LogP contribution in [0.5, 0.6) is 0 Å². The number of halogens is 2. The second kappa shape index (κ2) is 10.5. The number of hydrogen-bond acceptors (Lipinski definition) is 3. The number of likely N-dealkylation sites (tertiary alicyclic amines) is 1. The van der Waals surface area contributed by atoms with Gasteiger partial charge in [0.05, 0.1) is 18.6 Å². The maximum Gasteiger partial charge on any atom is 0.225 e. The third kappa shape index (κ3) is 5.58. The van der Waals surface area contributed by atoms with Crippen molar-refractivity contribution in [3.8, 4) is 0 Å². The molecule has 30 heavy (non-hydrogen) atoms. The Morgan fingerprint density at radius 3 is 2.57 bits per heavy atom. The molecular weight excluding hydrogens is 407 g/mol. The Bertz CT molecular complexity index is 858. The number of amides is 2. The van der Waals surface area contributed by atoms with Gasteiger partial charge in [-0.15, -0.1) is 0 Å². The molecule has 1 heterocycles. The van der Waals surface area contributed by atoms with Gasteiger partial charge in [-0.1, -0.05) is 35.9 Å². The predicted octanol–water partition coefficient (Wildman–Crippen LogP) is 3.76. The van der Waals surface area contributed by atoms with Gasteiger partial charge in [0.25, 0.3) is 0 Å². The summed E-state index contributed by atoms with van der Waals surface area (Å²) >= 11 is 5.91. The number of nitrogens with zero attached hydrogens (tertiary/aromatic N) is 1. The van der Waals surface area contributed by atoms with Gasteiger partial charge in [-0.25, -0.2) is 4.39 Å². The average molecular weight is 433 g/mol. The van der Waals surface area contributed by atoms with E-state index in [4.69, 9.17) is 16.3 Å². The molecule has 2 aromatic rings. The van der Waals surface area contributed by atoms with Crippen molar-refractivity contribution in [1.29, 1.82) is 0 Å².